The predicted octanol–water partition coefficient (Wildman–Crippen LogP) is 2.13. The van der Waals surface area contributed by atoms with Crippen molar-refractivity contribution >= 4 is 21.9 Å². The first-order valence-corrected chi connectivity index (χ1v) is 6.22. The van der Waals surface area contributed by atoms with Gasteiger partial charge in [-0.1, -0.05) is 6.07 Å². The van der Waals surface area contributed by atoms with E-state index in [1.165, 1.54) is 11.8 Å². The third kappa shape index (κ3) is 2.60. The fraction of sp³-hybridized carbons (Fsp3) is 0.250. The second kappa shape index (κ2) is 5.40. The molecule has 2 rings (SSSR count). The van der Waals surface area contributed by atoms with Gasteiger partial charge in [-0.15, -0.1) is 5.10 Å². The van der Waals surface area contributed by atoms with Crippen LogP contribution in [0.5, 0.6) is 5.75 Å². The van der Waals surface area contributed by atoms with Gasteiger partial charge in [0.25, 0.3) is 0 Å². The van der Waals surface area contributed by atoms with Gasteiger partial charge in [-0.2, -0.15) is 4.98 Å². The van der Waals surface area contributed by atoms with Crippen LogP contribution >= 0.6 is 15.9 Å². The van der Waals surface area contributed by atoms with E-state index < -0.39 is 5.97 Å². The summed E-state index contributed by atoms with van der Waals surface area (Å²) in [6.45, 7) is 1.94. The van der Waals surface area contributed by atoms with E-state index in [4.69, 9.17) is 9.47 Å². The standard InChI is InChI=1S/C12H12BrN3O3/c1-7-4-5-9(18-2)8(6-7)16-10(11(17)19-3)14-12(13)15-16/h4-6H,1-3H3. The lowest BCUT2D eigenvalue weighted by atomic mass is 10.2. The van der Waals surface area contributed by atoms with E-state index in [-0.39, 0.29) is 5.82 Å². The Morgan fingerprint density at radius 3 is 2.74 bits per heavy atom. The Morgan fingerprint density at radius 1 is 1.37 bits per heavy atom. The number of carbonyl (C=O) groups excluding carboxylic acids is 1. The molecule has 0 amide bonds. The summed E-state index contributed by atoms with van der Waals surface area (Å²) in [5.74, 6) is 0.105. The average molecular weight is 326 g/mol. The molecular weight excluding hydrogens is 314 g/mol. The molecule has 1 heterocycles. The van der Waals surface area contributed by atoms with Crippen molar-refractivity contribution in [3.8, 4) is 11.4 Å². The van der Waals surface area contributed by atoms with Gasteiger partial charge in [0.15, 0.2) is 0 Å². The lowest BCUT2D eigenvalue weighted by Crippen LogP contribution is -2.12. The van der Waals surface area contributed by atoms with Crippen LogP contribution in [0.1, 0.15) is 16.2 Å². The number of nitrogens with zero attached hydrogens (tertiary/aromatic N) is 3. The first-order valence-electron chi connectivity index (χ1n) is 5.42. The van der Waals surface area contributed by atoms with Gasteiger partial charge in [-0.3, -0.25) is 0 Å². The molecule has 6 nitrogen and oxygen atoms in total. The van der Waals surface area contributed by atoms with Crippen molar-refractivity contribution in [1.29, 1.82) is 0 Å². The molecule has 0 bridgehead atoms. The predicted molar refractivity (Wildman–Crippen MR) is 71.7 cm³/mol. The third-order valence-electron chi connectivity index (χ3n) is 2.51. The number of aromatic nitrogens is 3. The molecule has 1 aromatic heterocycles. The molecule has 0 atom stereocenters. The highest BCUT2D eigenvalue weighted by Gasteiger charge is 2.20. The van der Waals surface area contributed by atoms with Crippen molar-refractivity contribution in [2.45, 2.75) is 6.92 Å². The molecule has 0 aliphatic heterocycles. The number of hydrogen-bond donors (Lipinski definition) is 0. The Hall–Kier alpha value is -1.89. The highest BCUT2D eigenvalue weighted by atomic mass is 79.9. The van der Waals surface area contributed by atoms with Gasteiger partial charge >= 0.3 is 5.97 Å². The summed E-state index contributed by atoms with van der Waals surface area (Å²) in [5, 5.41) is 4.14. The molecule has 0 aliphatic rings. The number of hydrogen-bond acceptors (Lipinski definition) is 5. The second-order valence-electron chi connectivity index (χ2n) is 3.78. The number of ether oxygens (including phenoxy) is 2. The number of methoxy groups -OCH3 is 2. The third-order valence-corrected chi connectivity index (χ3v) is 2.85. The fourth-order valence-corrected chi connectivity index (χ4v) is 1.97. The summed E-state index contributed by atoms with van der Waals surface area (Å²) in [4.78, 5) is 15.7. The monoisotopic (exact) mass is 325 g/mol. The van der Waals surface area contributed by atoms with E-state index in [0.717, 1.165) is 5.56 Å². The first kappa shape index (κ1) is 13.5. The molecule has 0 fully saturated rings. The molecule has 100 valence electrons. The van der Waals surface area contributed by atoms with Crippen molar-refractivity contribution < 1.29 is 14.3 Å². The minimum absolute atomic E-state index is 0.0817. The summed E-state index contributed by atoms with van der Waals surface area (Å²) in [6, 6.07) is 5.57. The molecule has 7 heteroatoms. The first-order chi connectivity index (χ1) is 9.06. The minimum atomic E-state index is -0.568. The molecule has 0 unspecified atom stereocenters. The fourth-order valence-electron chi connectivity index (χ4n) is 1.64. The second-order valence-corrected chi connectivity index (χ2v) is 4.49. The highest BCUT2D eigenvalue weighted by molar-refractivity contribution is 9.10. The molecule has 0 aliphatic carbocycles. The SMILES string of the molecule is COC(=O)c1nc(Br)nn1-c1cc(C)ccc1OC. The van der Waals surface area contributed by atoms with Crippen molar-refractivity contribution in [2.24, 2.45) is 0 Å². The highest BCUT2D eigenvalue weighted by Crippen LogP contribution is 2.25. The number of halogens is 1. The van der Waals surface area contributed by atoms with Gasteiger partial charge in [-0.05, 0) is 40.5 Å². The Kier molecular flexibility index (Phi) is 3.84. The number of esters is 1. The normalized spacial score (nSPS) is 10.3. The summed E-state index contributed by atoms with van der Waals surface area (Å²) >= 11 is 3.15. The maximum Gasteiger partial charge on any atom is 0.376 e. The van der Waals surface area contributed by atoms with E-state index in [9.17, 15) is 4.79 Å². The van der Waals surface area contributed by atoms with E-state index in [0.29, 0.717) is 16.2 Å². The molecule has 19 heavy (non-hydrogen) atoms. The number of carbonyl (C=O) groups is 1. The van der Waals surface area contributed by atoms with Crippen molar-refractivity contribution in [2.75, 3.05) is 14.2 Å². The van der Waals surface area contributed by atoms with Crippen LogP contribution in [0.4, 0.5) is 0 Å². The molecular formula is C12H12BrN3O3. The van der Waals surface area contributed by atoms with E-state index in [2.05, 4.69) is 26.0 Å². The van der Waals surface area contributed by atoms with E-state index >= 15 is 0 Å². The smallest absolute Gasteiger partial charge is 0.376 e. The zero-order valence-electron chi connectivity index (χ0n) is 10.7. The number of benzene rings is 1. The summed E-state index contributed by atoms with van der Waals surface area (Å²) in [6.07, 6.45) is 0. The minimum Gasteiger partial charge on any atom is -0.494 e. The summed E-state index contributed by atoms with van der Waals surface area (Å²) < 4.78 is 11.7. The summed E-state index contributed by atoms with van der Waals surface area (Å²) in [5.41, 5.74) is 1.64. The molecule has 0 N–H and O–H groups in total. The number of rotatable bonds is 3. The van der Waals surface area contributed by atoms with Crippen molar-refractivity contribution in [3.05, 3.63) is 34.3 Å². The zero-order valence-corrected chi connectivity index (χ0v) is 12.3. The van der Waals surface area contributed by atoms with E-state index in [1.807, 2.05) is 19.1 Å². The van der Waals surface area contributed by atoms with Crippen LogP contribution in [0.2, 0.25) is 0 Å². The molecule has 2 aromatic rings. The Labute approximate surface area is 118 Å². The van der Waals surface area contributed by atoms with Crippen molar-refractivity contribution in [3.63, 3.8) is 0 Å². The lowest BCUT2D eigenvalue weighted by Gasteiger charge is -2.10. The van der Waals surface area contributed by atoms with Crippen LogP contribution in [0.25, 0.3) is 5.69 Å². The Bertz CT molecular complexity index is 625. The van der Waals surface area contributed by atoms with Crippen LogP contribution in [0, 0.1) is 6.92 Å². The van der Waals surface area contributed by atoms with Crippen LogP contribution < -0.4 is 4.74 Å². The Balaban J connectivity index is 2.64. The topological polar surface area (TPSA) is 66.2 Å². The van der Waals surface area contributed by atoms with Crippen LogP contribution in [0.15, 0.2) is 22.9 Å². The van der Waals surface area contributed by atoms with Crippen LogP contribution in [-0.4, -0.2) is 35.0 Å². The van der Waals surface area contributed by atoms with Gasteiger partial charge in [0, 0.05) is 0 Å². The van der Waals surface area contributed by atoms with Crippen LogP contribution in [0.3, 0.4) is 0 Å². The van der Waals surface area contributed by atoms with Gasteiger partial charge in [-0.25, -0.2) is 9.48 Å². The molecule has 1 aromatic carbocycles. The van der Waals surface area contributed by atoms with Crippen molar-refractivity contribution in [1.82, 2.24) is 14.8 Å². The number of aryl methyl sites for hydroxylation is 1. The molecule has 0 saturated heterocycles. The summed E-state index contributed by atoms with van der Waals surface area (Å²) in [7, 11) is 2.85. The van der Waals surface area contributed by atoms with Gasteiger partial charge < -0.3 is 9.47 Å². The molecule has 0 saturated carbocycles. The largest absolute Gasteiger partial charge is 0.494 e. The molecule has 0 radical (unpaired) electrons. The maximum absolute atomic E-state index is 11.7. The molecule has 0 spiro atoms. The van der Waals surface area contributed by atoms with Gasteiger partial charge in [0.05, 0.1) is 14.2 Å². The van der Waals surface area contributed by atoms with Gasteiger partial charge in [0.2, 0.25) is 10.6 Å². The average Bonchev–Trinajstić information content (AvgIpc) is 2.79. The van der Waals surface area contributed by atoms with E-state index in [1.54, 1.807) is 13.2 Å². The quantitative estimate of drug-likeness (QED) is 0.809. The van der Waals surface area contributed by atoms with Gasteiger partial charge in [0.1, 0.15) is 11.4 Å². The maximum atomic E-state index is 11.7. The zero-order chi connectivity index (χ0) is 14.0. The Morgan fingerprint density at radius 2 is 2.11 bits per heavy atom. The van der Waals surface area contributed by atoms with Crippen LogP contribution in [-0.2, 0) is 4.74 Å². The lowest BCUT2D eigenvalue weighted by molar-refractivity contribution is 0.0583.